The van der Waals surface area contributed by atoms with Crippen molar-refractivity contribution >= 4 is 5.91 Å². The molecule has 0 aliphatic carbocycles. The second-order valence-electron chi connectivity index (χ2n) is 8.28. The largest absolute Gasteiger partial charge is 0.390 e. The first-order chi connectivity index (χ1) is 14.2. The lowest BCUT2D eigenvalue weighted by Gasteiger charge is -2.33. The molecule has 1 heterocycles. The van der Waals surface area contributed by atoms with Gasteiger partial charge in [-0.05, 0) is 23.6 Å². The van der Waals surface area contributed by atoms with Gasteiger partial charge in [0.15, 0.2) is 0 Å². The molecule has 0 fully saturated rings. The number of amides is 1. The first-order valence-corrected chi connectivity index (χ1v) is 9.86. The van der Waals surface area contributed by atoms with Crippen molar-refractivity contribution in [1.29, 1.82) is 0 Å². The molecule has 0 aliphatic heterocycles. The normalized spacial score (nSPS) is 13.8. The van der Waals surface area contributed by atoms with Gasteiger partial charge in [0.1, 0.15) is 6.33 Å². The van der Waals surface area contributed by atoms with Gasteiger partial charge in [-0.25, -0.2) is 20.5 Å². The fourth-order valence-corrected chi connectivity index (χ4v) is 3.22. The molecule has 9 heteroatoms. The third kappa shape index (κ3) is 7.12. The summed E-state index contributed by atoms with van der Waals surface area (Å²) in [4.78, 5) is 20.9. The summed E-state index contributed by atoms with van der Waals surface area (Å²) < 4.78 is 0. The van der Waals surface area contributed by atoms with Crippen molar-refractivity contribution in [2.45, 2.75) is 39.5 Å². The maximum Gasteiger partial charge on any atom is 0.251 e. The molecule has 5 N–H and O–H groups in total. The Labute approximate surface area is 177 Å². The Morgan fingerprint density at radius 1 is 1.13 bits per heavy atom. The molecule has 164 valence electrons. The molecule has 9 nitrogen and oxygen atoms in total. The van der Waals surface area contributed by atoms with Gasteiger partial charge >= 0.3 is 0 Å². The SMILES string of the molecule is CNC(C(=O)NN(Cc1ccc(-c2cncnc2)cc1)CC(O)CNO)C(C)(C)C. The van der Waals surface area contributed by atoms with Crippen LogP contribution in [0.15, 0.2) is 43.0 Å². The first kappa shape index (κ1) is 23.8. The standard InChI is InChI=1S/C21H32N6O3/c1-21(2,3)19(22-4)20(29)26-27(13-18(28)11-25-30)12-15-5-7-16(8-6-15)17-9-23-14-24-10-17/h5-10,14,18-19,22,25,28,30H,11-13H2,1-4H3,(H,26,29). The van der Waals surface area contributed by atoms with Crippen LogP contribution in [0.2, 0.25) is 0 Å². The molecular formula is C21H32N6O3. The number of hydroxylamine groups is 1. The van der Waals surface area contributed by atoms with Gasteiger partial charge in [-0.15, -0.1) is 0 Å². The number of nitrogens with one attached hydrogen (secondary N) is 3. The smallest absolute Gasteiger partial charge is 0.251 e. The first-order valence-electron chi connectivity index (χ1n) is 9.86. The van der Waals surface area contributed by atoms with Crippen molar-refractivity contribution in [2.75, 3.05) is 20.1 Å². The van der Waals surface area contributed by atoms with Gasteiger partial charge in [-0.2, -0.15) is 0 Å². The highest BCUT2D eigenvalue weighted by atomic mass is 16.5. The van der Waals surface area contributed by atoms with E-state index in [9.17, 15) is 9.90 Å². The number of aromatic nitrogens is 2. The molecule has 2 unspecified atom stereocenters. The Bertz CT molecular complexity index is 780. The Hall–Kier alpha value is -2.43. The number of nitrogens with zero attached hydrogens (tertiary/aromatic N) is 3. The third-order valence-corrected chi connectivity index (χ3v) is 4.66. The Kier molecular flexibility index (Phi) is 8.82. The Balaban J connectivity index is 2.13. The minimum absolute atomic E-state index is 0.00591. The minimum atomic E-state index is -0.862. The molecule has 1 aromatic carbocycles. The van der Waals surface area contributed by atoms with Crippen LogP contribution in [0.5, 0.6) is 0 Å². The van der Waals surface area contributed by atoms with E-state index in [2.05, 4.69) is 20.7 Å². The zero-order valence-electron chi connectivity index (χ0n) is 18.0. The second kappa shape index (κ2) is 11.1. The zero-order valence-corrected chi connectivity index (χ0v) is 18.0. The number of aliphatic hydroxyl groups excluding tert-OH is 1. The van der Waals surface area contributed by atoms with E-state index in [1.165, 1.54) is 6.33 Å². The quantitative estimate of drug-likeness (QED) is 0.363. The van der Waals surface area contributed by atoms with Crippen LogP contribution in [-0.2, 0) is 11.3 Å². The van der Waals surface area contributed by atoms with Crippen molar-refractivity contribution in [3.8, 4) is 11.1 Å². The molecule has 0 bridgehead atoms. The van der Waals surface area contributed by atoms with Crippen LogP contribution < -0.4 is 16.2 Å². The number of hydrogen-bond donors (Lipinski definition) is 5. The summed E-state index contributed by atoms with van der Waals surface area (Å²) in [7, 11) is 1.75. The van der Waals surface area contributed by atoms with Gasteiger partial charge in [0, 0.05) is 37.6 Å². The molecule has 0 saturated heterocycles. The molecule has 2 aromatic rings. The number of benzene rings is 1. The zero-order chi connectivity index (χ0) is 22.1. The van der Waals surface area contributed by atoms with Crippen molar-refractivity contribution in [3.63, 3.8) is 0 Å². The number of carbonyl (C=O) groups excluding carboxylic acids is 1. The lowest BCUT2D eigenvalue weighted by Crippen LogP contribution is -2.56. The summed E-state index contributed by atoms with van der Waals surface area (Å²) in [5.41, 5.74) is 7.44. The summed E-state index contributed by atoms with van der Waals surface area (Å²) in [6.45, 7) is 6.47. The predicted molar refractivity (Wildman–Crippen MR) is 114 cm³/mol. The fourth-order valence-electron chi connectivity index (χ4n) is 3.22. The van der Waals surface area contributed by atoms with E-state index in [-0.39, 0.29) is 24.4 Å². The van der Waals surface area contributed by atoms with Crippen LogP contribution in [0.1, 0.15) is 26.3 Å². The summed E-state index contributed by atoms with van der Waals surface area (Å²) in [6.07, 6.45) is 4.12. The van der Waals surface area contributed by atoms with Gasteiger partial charge in [0.05, 0.1) is 12.1 Å². The summed E-state index contributed by atoms with van der Waals surface area (Å²) in [5.74, 6) is -0.188. The van der Waals surface area contributed by atoms with E-state index < -0.39 is 12.1 Å². The van der Waals surface area contributed by atoms with E-state index in [0.717, 1.165) is 16.7 Å². The van der Waals surface area contributed by atoms with Gasteiger partial charge in [-0.3, -0.25) is 10.2 Å². The highest BCUT2D eigenvalue weighted by molar-refractivity contribution is 5.82. The van der Waals surface area contributed by atoms with E-state index >= 15 is 0 Å². The number of hydrogen-bond acceptors (Lipinski definition) is 8. The molecule has 0 aliphatic rings. The third-order valence-electron chi connectivity index (χ3n) is 4.66. The Morgan fingerprint density at radius 3 is 2.30 bits per heavy atom. The molecular weight excluding hydrogens is 384 g/mol. The van der Waals surface area contributed by atoms with E-state index in [4.69, 9.17) is 5.21 Å². The van der Waals surface area contributed by atoms with E-state index in [1.54, 1.807) is 24.5 Å². The number of aliphatic hydroxyl groups is 1. The predicted octanol–water partition coefficient (Wildman–Crippen LogP) is 0.951. The molecule has 1 amide bonds. The maximum atomic E-state index is 12.8. The van der Waals surface area contributed by atoms with Gasteiger partial charge in [-0.1, -0.05) is 45.0 Å². The number of carbonyl (C=O) groups is 1. The summed E-state index contributed by atoms with van der Waals surface area (Å²) in [6, 6.07) is 7.43. The van der Waals surface area contributed by atoms with Crippen LogP contribution in [0.4, 0.5) is 0 Å². The topological polar surface area (TPSA) is 123 Å². The van der Waals surface area contributed by atoms with Crippen molar-refractivity contribution in [1.82, 2.24) is 31.2 Å². The van der Waals surface area contributed by atoms with E-state index in [1.807, 2.05) is 50.5 Å². The average Bonchev–Trinajstić information content (AvgIpc) is 2.68. The summed E-state index contributed by atoms with van der Waals surface area (Å²) >= 11 is 0. The van der Waals surface area contributed by atoms with Crippen LogP contribution in [-0.4, -0.2) is 63.5 Å². The van der Waals surface area contributed by atoms with Gasteiger partial charge in [0.25, 0.3) is 5.91 Å². The van der Waals surface area contributed by atoms with Crippen molar-refractivity contribution in [3.05, 3.63) is 48.5 Å². The molecule has 0 saturated carbocycles. The Morgan fingerprint density at radius 2 is 1.77 bits per heavy atom. The van der Waals surface area contributed by atoms with Crippen LogP contribution in [0, 0.1) is 5.41 Å². The molecule has 2 rings (SSSR count). The van der Waals surface area contributed by atoms with Crippen LogP contribution >= 0.6 is 0 Å². The highest BCUT2D eigenvalue weighted by Gasteiger charge is 2.31. The lowest BCUT2D eigenvalue weighted by molar-refractivity contribution is -0.131. The highest BCUT2D eigenvalue weighted by Crippen LogP contribution is 2.20. The van der Waals surface area contributed by atoms with Gasteiger partial charge < -0.3 is 15.6 Å². The van der Waals surface area contributed by atoms with Gasteiger partial charge in [0.2, 0.25) is 0 Å². The van der Waals surface area contributed by atoms with E-state index in [0.29, 0.717) is 6.54 Å². The second-order valence-corrected chi connectivity index (χ2v) is 8.28. The molecule has 1 aromatic heterocycles. The number of likely N-dealkylation sites (N-methyl/N-ethyl adjacent to an activating group) is 1. The van der Waals surface area contributed by atoms with Crippen LogP contribution in [0.25, 0.3) is 11.1 Å². The van der Waals surface area contributed by atoms with Crippen molar-refractivity contribution < 1.29 is 15.1 Å². The monoisotopic (exact) mass is 416 g/mol. The molecule has 0 spiro atoms. The average molecular weight is 417 g/mol. The minimum Gasteiger partial charge on any atom is -0.390 e. The van der Waals surface area contributed by atoms with Crippen molar-refractivity contribution in [2.24, 2.45) is 5.41 Å². The molecule has 0 radical (unpaired) electrons. The molecule has 30 heavy (non-hydrogen) atoms. The summed E-state index contributed by atoms with van der Waals surface area (Å²) in [5, 5.41) is 23.7. The lowest BCUT2D eigenvalue weighted by atomic mass is 9.86. The number of rotatable bonds is 10. The molecule has 2 atom stereocenters. The van der Waals surface area contributed by atoms with Crippen LogP contribution in [0.3, 0.4) is 0 Å². The number of hydrazine groups is 1. The maximum absolute atomic E-state index is 12.8. The fraction of sp³-hybridized carbons (Fsp3) is 0.476.